The van der Waals surface area contributed by atoms with Crippen LogP contribution in [0.4, 0.5) is 0 Å². The molecular weight excluding hydrogens is 340 g/mol. The van der Waals surface area contributed by atoms with E-state index in [0.717, 1.165) is 13.1 Å². The highest BCUT2D eigenvalue weighted by molar-refractivity contribution is 7.43. The first-order valence-electron chi connectivity index (χ1n) is 6.56. The molecule has 0 aliphatic rings. The highest BCUT2D eigenvalue weighted by Gasteiger charge is 1.94. The summed E-state index contributed by atoms with van der Waals surface area (Å²) in [7, 11) is -9.85. The second-order valence-corrected chi connectivity index (χ2v) is 6.25. The molecule has 0 aromatic heterocycles. The molecule has 0 rings (SSSR count). The molecule has 13 heteroatoms. The molecule has 0 saturated heterocycles. The Kier molecular flexibility index (Phi) is 16.2. The summed E-state index contributed by atoms with van der Waals surface area (Å²) in [4.78, 5) is 39.8. The van der Waals surface area contributed by atoms with Crippen molar-refractivity contribution in [2.45, 2.75) is 19.3 Å². The Morgan fingerprint density at radius 3 is 1.41 bits per heavy atom. The lowest BCUT2D eigenvalue weighted by molar-refractivity contribution is -0.343. The number of phosphoric ester groups is 2. The Hall–Kier alpha value is 0.1000. The molecule has 0 radical (unpaired) electrons. The fraction of sp³-hybridized carbons (Fsp3) is 1.00. The van der Waals surface area contributed by atoms with Crippen molar-refractivity contribution in [2.75, 3.05) is 39.4 Å². The number of phosphoric acid groups is 2. The standard InChI is InChI=1S/C5H14O8P2.C4H13N3/c6-14(7,8)12-4-2-1-3-5-13-15(9,10)11;5-1-3-7-4-2-6/h1-5H2,(H2,6,7,8)(H2,9,10,11);7H,1-6H2/p-4. The van der Waals surface area contributed by atoms with Gasteiger partial charge in [0.15, 0.2) is 0 Å². The van der Waals surface area contributed by atoms with E-state index >= 15 is 0 Å². The van der Waals surface area contributed by atoms with Crippen LogP contribution in [0.25, 0.3) is 0 Å². The largest absolute Gasteiger partial charge is 0.790 e. The molecular formula is C9H23N3O8P2-4. The van der Waals surface area contributed by atoms with Gasteiger partial charge in [-0.1, -0.05) is 0 Å². The highest BCUT2D eigenvalue weighted by atomic mass is 31.2. The van der Waals surface area contributed by atoms with Gasteiger partial charge in [0.1, 0.15) is 0 Å². The number of nitrogens with two attached hydrogens (primary N) is 2. The monoisotopic (exact) mass is 363 g/mol. The van der Waals surface area contributed by atoms with Crippen LogP contribution >= 0.6 is 15.6 Å². The molecule has 0 aliphatic carbocycles. The van der Waals surface area contributed by atoms with E-state index in [0.29, 0.717) is 19.5 Å². The van der Waals surface area contributed by atoms with Crippen LogP contribution in [0.15, 0.2) is 0 Å². The maximum absolute atomic E-state index is 9.96. The van der Waals surface area contributed by atoms with Crippen LogP contribution < -0.4 is 36.4 Å². The summed E-state index contributed by atoms with van der Waals surface area (Å²) in [5.41, 5.74) is 10.3. The van der Waals surface area contributed by atoms with Gasteiger partial charge in [-0.25, -0.2) is 0 Å². The van der Waals surface area contributed by atoms with Gasteiger partial charge in [-0.05, 0) is 19.3 Å². The van der Waals surface area contributed by atoms with E-state index in [9.17, 15) is 28.7 Å². The number of rotatable bonds is 12. The number of hydrogen-bond donors (Lipinski definition) is 3. The molecule has 22 heavy (non-hydrogen) atoms. The molecule has 0 aromatic carbocycles. The normalized spacial score (nSPS) is 11.9. The van der Waals surface area contributed by atoms with Gasteiger partial charge in [-0.2, -0.15) is 0 Å². The second-order valence-electron chi connectivity index (χ2n) is 3.95. The van der Waals surface area contributed by atoms with Crippen molar-refractivity contribution in [2.24, 2.45) is 11.5 Å². The van der Waals surface area contributed by atoms with Crippen molar-refractivity contribution in [3.05, 3.63) is 0 Å². The van der Waals surface area contributed by atoms with Crippen molar-refractivity contribution in [3.63, 3.8) is 0 Å². The van der Waals surface area contributed by atoms with Gasteiger partial charge in [0.2, 0.25) is 0 Å². The van der Waals surface area contributed by atoms with Gasteiger partial charge in [-0.15, -0.1) is 0 Å². The van der Waals surface area contributed by atoms with Crippen molar-refractivity contribution >= 4 is 15.6 Å². The summed E-state index contributed by atoms with van der Waals surface area (Å²) < 4.78 is 27.7. The van der Waals surface area contributed by atoms with Crippen molar-refractivity contribution in [1.29, 1.82) is 0 Å². The van der Waals surface area contributed by atoms with Crippen LogP contribution in [-0.4, -0.2) is 39.4 Å². The highest BCUT2D eigenvalue weighted by Crippen LogP contribution is 2.26. The van der Waals surface area contributed by atoms with E-state index in [-0.39, 0.29) is 26.1 Å². The summed E-state index contributed by atoms with van der Waals surface area (Å²) in [6, 6.07) is 0. The zero-order valence-electron chi connectivity index (χ0n) is 12.2. The van der Waals surface area contributed by atoms with Gasteiger partial charge >= 0.3 is 0 Å². The van der Waals surface area contributed by atoms with Gasteiger partial charge in [0.05, 0.1) is 28.9 Å². The van der Waals surface area contributed by atoms with Crippen LogP contribution in [0, 0.1) is 0 Å². The molecule has 0 fully saturated rings. The van der Waals surface area contributed by atoms with Crippen molar-refractivity contribution in [3.8, 4) is 0 Å². The third-order valence-corrected chi connectivity index (χ3v) is 2.93. The molecule has 0 saturated carbocycles. The van der Waals surface area contributed by atoms with E-state index in [2.05, 4.69) is 14.4 Å². The Balaban J connectivity index is 0. The summed E-state index contributed by atoms with van der Waals surface area (Å²) in [6.45, 7) is 2.63. The second kappa shape index (κ2) is 14.7. The number of unbranched alkanes of at least 4 members (excludes halogenated alkanes) is 2. The van der Waals surface area contributed by atoms with E-state index in [4.69, 9.17) is 11.5 Å². The summed E-state index contributed by atoms with van der Waals surface area (Å²) >= 11 is 0. The first-order valence-corrected chi connectivity index (χ1v) is 9.48. The Morgan fingerprint density at radius 1 is 0.773 bits per heavy atom. The van der Waals surface area contributed by atoms with Crippen LogP contribution in [0.3, 0.4) is 0 Å². The molecule has 0 amide bonds. The predicted octanol–water partition coefficient (Wildman–Crippen LogP) is -3.66. The Labute approximate surface area is 129 Å². The molecule has 0 spiro atoms. The van der Waals surface area contributed by atoms with Gasteiger partial charge in [-0.3, -0.25) is 0 Å². The summed E-state index contributed by atoms with van der Waals surface area (Å²) in [5, 5.41) is 3.03. The molecule has 0 aliphatic heterocycles. The average molecular weight is 363 g/mol. The lowest BCUT2D eigenvalue weighted by Gasteiger charge is -2.29. The lowest BCUT2D eigenvalue weighted by Crippen LogP contribution is -2.27. The zero-order chi connectivity index (χ0) is 17.5. The first kappa shape index (κ1) is 24.4. The van der Waals surface area contributed by atoms with Crippen LogP contribution in [0.1, 0.15) is 19.3 Å². The van der Waals surface area contributed by atoms with Gasteiger partial charge < -0.3 is 54.5 Å². The van der Waals surface area contributed by atoms with E-state index in [1.54, 1.807) is 0 Å². The van der Waals surface area contributed by atoms with E-state index < -0.39 is 15.6 Å². The molecule has 0 aromatic rings. The van der Waals surface area contributed by atoms with Crippen LogP contribution in [0.5, 0.6) is 0 Å². The topological polar surface area (TPSA) is 209 Å². The molecule has 0 unspecified atom stereocenters. The molecule has 136 valence electrons. The fourth-order valence-corrected chi connectivity index (χ4v) is 1.77. The van der Waals surface area contributed by atoms with E-state index in [1.165, 1.54) is 0 Å². The fourth-order valence-electron chi connectivity index (χ4n) is 1.06. The van der Waals surface area contributed by atoms with Crippen LogP contribution in [0.2, 0.25) is 0 Å². The minimum Gasteiger partial charge on any atom is -0.790 e. The Bertz CT molecular complexity index is 305. The summed E-state index contributed by atoms with van der Waals surface area (Å²) in [6.07, 6.45) is 0.916. The maximum Gasteiger partial charge on any atom is 0.0596 e. The van der Waals surface area contributed by atoms with Crippen LogP contribution in [-0.2, 0) is 18.2 Å². The quantitative estimate of drug-likeness (QED) is 0.227. The third kappa shape index (κ3) is 28.3. The zero-order valence-corrected chi connectivity index (χ0v) is 14.0. The van der Waals surface area contributed by atoms with E-state index in [1.807, 2.05) is 0 Å². The number of hydrogen-bond acceptors (Lipinski definition) is 11. The molecule has 0 atom stereocenters. The smallest absolute Gasteiger partial charge is 0.0596 e. The Morgan fingerprint density at radius 2 is 1.14 bits per heavy atom. The van der Waals surface area contributed by atoms with Crippen molar-refractivity contribution < 1.29 is 37.8 Å². The van der Waals surface area contributed by atoms with Gasteiger partial charge in [0, 0.05) is 26.2 Å². The van der Waals surface area contributed by atoms with Gasteiger partial charge in [0.25, 0.3) is 0 Å². The molecule has 0 heterocycles. The first-order chi connectivity index (χ1) is 10.1. The SMILES string of the molecule is NCCNCCN.O=P([O-])([O-])OCCCCCOP(=O)([O-])[O-]. The molecule has 11 nitrogen and oxygen atoms in total. The predicted molar refractivity (Wildman–Crippen MR) is 71.9 cm³/mol. The lowest BCUT2D eigenvalue weighted by atomic mass is 10.2. The summed E-state index contributed by atoms with van der Waals surface area (Å²) in [5.74, 6) is 0. The maximum atomic E-state index is 9.96. The number of nitrogens with one attached hydrogen (secondary N) is 1. The third-order valence-electron chi connectivity index (χ3n) is 1.93. The minimum atomic E-state index is -4.92. The molecule has 0 bridgehead atoms. The minimum absolute atomic E-state index is 0.253. The van der Waals surface area contributed by atoms with Crippen molar-refractivity contribution in [1.82, 2.24) is 5.32 Å². The average Bonchev–Trinajstić information content (AvgIpc) is 2.36. The molecule has 5 N–H and O–H groups in total.